The Hall–Kier alpha value is -4.12. The predicted octanol–water partition coefficient (Wildman–Crippen LogP) is 1.15. The van der Waals surface area contributed by atoms with Gasteiger partial charge >= 0.3 is 6.03 Å². The summed E-state index contributed by atoms with van der Waals surface area (Å²) in [6.07, 6.45) is 0.864. The van der Waals surface area contributed by atoms with Crippen molar-refractivity contribution in [3.05, 3.63) is 59.7 Å². The summed E-state index contributed by atoms with van der Waals surface area (Å²) in [5.41, 5.74) is 6.94. The van der Waals surface area contributed by atoms with Crippen molar-refractivity contribution in [1.29, 1.82) is 0 Å². The van der Waals surface area contributed by atoms with Crippen molar-refractivity contribution in [2.45, 2.75) is 38.0 Å². The molecule has 4 rings (SSSR count). The minimum Gasteiger partial charge on any atom is -0.457 e. The zero-order valence-corrected chi connectivity index (χ0v) is 21.4. The highest BCUT2D eigenvalue weighted by atomic mass is 16.5. The fraction of sp³-hybridized carbons (Fsp3) is 0.407. The third-order valence-corrected chi connectivity index (χ3v) is 6.59. The number of hydrogen-bond donors (Lipinski definition) is 3. The number of likely N-dealkylation sites (N-methyl/N-ethyl adjacent to an activating group) is 1. The fourth-order valence-electron chi connectivity index (χ4n) is 4.57. The first kappa shape index (κ1) is 26.9. The van der Waals surface area contributed by atoms with E-state index in [0.29, 0.717) is 30.9 Å². The Balaban J connectivity index is 1.53. The molecule has 0 saturated carbocycles. The molecule has 0 unspecified atom stereocenters. The first-order valence-electron chi connectivity index (χ1n) is 12.6. The molecule has 4 bridgehead atoms. The number of nitrogens with zero attached hydrogens (tertiary/aromatic N) is 2. The quantitative estimate of drug-likeness (QED) is 0.539. The summed E-state index contributed by atoms with van der Waals surface area (Å²) in [6, 6.07) is 13.9. The highest BCUT2D eigenvalue weighted by molar-refractivity contribution is 5.85. The van der Waals surface area contributed by atoms with Gasteiger partial charge in [0.2, 0.25) is 17.7 Å². The number of carbonyl (C=O) groups is 4. The van der Waals surface area contributed by atoms with E-state index in [-0.39, 0.29) is 56.5 Å². The van der Waals surface area contributed by atoms with Crippen molar-refractivity contribution in [3.8, 4) is 11.5 Å². The van der Waals surface area contributed by atoms with Crippen LogP contribution in [0.4, 0.5) is 4.79 Å². The van der Waals surface area contributed by atoms with Crippen molar-refractivity contribution in [2.75, 3.05) is 33.2 Å². The van der Waals surface area contributed by atoms with Crippen LogP contribution >= 0.6 is 0 Å². The number of nitrogens with two attached hydrogens (primary N) is 1. The van der Waals surface area contributed by atoms with Crippen LogP contribution < -0.4 is 21.1 Å². The number of ether oxygens (including phenoxy) is 2. The standard InChI is InChI=1S/C27H33N5O6/c1-31-16-24(33)30-22-15-32(26(35)14-29-27(28)36)11-10-23(22)37-17-19-5-3-7-21(13-19)38-20-6-2-4-18(12-20)8-9-25(31)34/h2-7,12-13,22-23H,8-11,14-17H2,1H3,(H,30,33)(H3,28,29,36)/t22-,23+/m0/s1. The summed E-state index contributed by atoms with van der Waals surface area (Å²) in [4.78, 5) is 52.1. The third-order valence-electron chi connectivity index (χ3n) is 6.59. The molecule has 11 nitrogen and oxygen atoms in total. The molecule has 202 valence electrons. The number of hydrogen-bond acceptors (Lipinski definition) is 6. The second-order valence-electron chi connectivity index (χ2n) is 9.52. The number of carbonyl (C=O) groups excluding carboxylic acids is 4. The van der Waals surface area contributed by atoms with Crippen LogP contribution in [0.15, 0.2) is 48.5 Å². The van der Waals surface area contributed by atoms with Crippen LogP contribution in [0.2, 0.25) is 0 Å². The van der Waals surface area contributed by atoms with E-state index < -0.39 is 12.1 Å². The Bertz CT molecular complexity index is 1190. The Morgan fingerprint density at radius 3 is 2.53 bits per heavy atom. The largest absolute Gasteiger partial charge is 0.457 e. The molecule has 2 atom stereocenters. The molecule has 1 saturated heterocycles. The van der Waals surface area contributed by atoms with Crippen LogP contribution in [0, 0.1) is 0 Å². The van der Waals surface area contributed by atoms with Gasteiger partial charge in [0.05, 0.1) is 31.8 Å². The minimum absolute atomic E-state index is 0.121. The van der Waals surface area contributed by atoms with E-state index in [0.717, 1.165) is 11.1 Å². The van der Waals surface area contributed by atoms with Crippen LogP contribution in [0.5, 0.6) is 11.5 Å². The van der Waals surface area contributed by atoms with Crippen molar-refractivity contribution < 1.29 is 28.7 Å². The lowest BCUT2D eigenvalue weighted by Gasteiger charge is -2.39. The van der Waals surface area contributed by atoms with Gasteiger partial charge in [-0.15, -0.1) is 0 Å². The highest BCUT2D eigenvalue weighted by Crippen LogP contribution is 2.25. The molecule has 2 heterocycles. The van der Waals surface area contributed by atoms with Crippen LogP contribution in [0.1, 0.15) is 24.0 Å². The Kier molecular flexibility index (Phi) is 8.80. The van der Waals surface area contributed by atoms with E-state index in [4.69, 9.17) is 15.2 Å². The van der Waals surface area contributed by atoms with E-state index in [1.54, 1.807) is 11.9 Å². The van der Waals surface area contributed by atoms with Crippen LogP contribution in [-0.4, -0.2) is 78.9 Å². The maximum Gasteiger partial charge on any atom is 0.312 e. The molecule has 4 N–H and O–H groups in total. The first-order chi connectivity index (χ1) is 18.3. The number of fused-ring (bicyclic) bond motifs is 5. The Morgan fingerprint density at radius 1 is 1.08 bits per heavy atom. The van der Waals surface area contributed by atoms with Gasteiger partial charge in [-0.25, -0.2) is 4.79 Å². The van der Waals surface area contributed by atoms with E-state index in [9.17, 15) is 19.2 Å². The Labute approximate surface area is 221 Å². The summed E-state index contributed by atoms with van der Waals surface area (Å²) in [6.45, 7) is 0.529. The number of benzene rings is 2. The van der Waals surface area contributed by atoms with Crippen LogP contribution in [0.3, 0.4) is 0 Å². The molecule has 2 aromatic rings. The molecule has 38 heavy (non-hydrogen) atoms. The summed E-state index contributed by atoms with van der Waals surface area (Å²) in [5, 5.41) is 5.25. The first-order valence-corrected chi connectivity index (χ1v) is 12.6. The van der Waals surface area contributed by atoms with Gasteiger partial charge in [0.25, 0.3) is 0 Å². The van der Waals surface area contributed by atoms with Gasteiger partial charge in [0.15, 0.2) is 0 Å². The van der Waals surface area contributed by atoms with Crippen LogP contribution in [0.25, 0.3) is 0 Å². The zero-order valence-electron chi connectivity index (χ0n) is 21.4. The fourth-order valence-corrected chi connectivity index (χ4v) is 4.57. The Morgan fingerprint density at radius 2 is 1.79 bits per heavy atom. The maximum absolute atomic E-state index is 12.9. The summed E-state index contributed by atoms with van der Waals surface area (Å²) < 4.78 is 12.3. The van der Waals surface area contributed by atoms with E-state index in [1.165, 1.54) is 4.90 Å². The average molecular weight is 524 g/mol. The number of amides is 5. The van der Waals surface area contributed by atoms with E-state index in [2.05, 4.69) is 10.6 Å². The molecule has 2 aliphatic rings. The van der Waals surface area contributed by atoms with Crippen molar-refractivity contribution in [1.82, 2.24) is 20.4 Å². The number of rotatable bonds is 2. The molecule has 0 aromatic heterocycles. The van der Waals surface area contributed by atoms with Gasteiger partial charge < -0.3 is 35.6 Å². The molecule has 1 fully saturated rings. The zero-order chi connectivity index (χ0) is 27.1. The molecule has 0 spiro atoms. The number of primary amides is 1. The summed E-state index contributed by atoms with van der Waals surface area (Å²) >= 11 is 0. The normalized spacial score (nSPS) is 20.8. The SMILES string of the molecule is CN1CC(=O)N[C@H]2CN(C(=O)CNC(N)=O)CC[C@H]2OCc2cccc(c2)Oc2cccc(c2)CCC1=O. The lowest BCUT2D eigenvalue weighted by Crippen LogP contribution is -2.59. The molecule has 5 amide bonds. The lowest BCUT2D eigenvalue weighted by molar-refractivity contribution is -0.138. The smallest absolute Gasteiger partial charge is 0.312 e. The second kappa shape index (κ2) is 12.4. The number of piperidine rings is 1. The number of nitrogens with one attached hydrogen (secondary N) is 2. The monoisotopic (exact) mass is 523 g/mol. The minimum atomic E-state index is -0.785. The highest BCUT2D eigenvalue weighted by Gasteiger charge is 2.33. The molecule has 2 aromatic carbocycles. The topological polar surface area (TPSA) is 143 Å². The van der Waals surface area contributed by atoms with Gasteiger partial charge in [-0.1, -0.05) is 24.3 Å². The van der Waals surface area contributed by atoms with Crippen molar-refractivity contribution >= 4 is 23.8 Å². The summed E-state index contributed by atoms with van der Waals surface area (Å²) in [5.74, 6) is 0.516. The van der Waals surface area contributed by atoms with E-state index >= 15 is 0 Å². The van der Waals surface area contributed by atoms with Gasteiger partial charge in [0.1, 0.15) is 11.5 Å². The molecule has 0 aliphatic carbocycles. The lowest BCUT2D eigenvalue weighted by atomic mass is 10.0. The molecule has 0 radical (unpaired) electrons. The maximum atomic E-state index is 12.9. The third kappa shape index (κ3) is 7.45. The van der Waals surface area contributed by atoms with Gasteiger partial charge in [-0.05, 0) is 48.2 Å². The van der Waals surface area contributed by atoms with Crippen molar-refractivity contribution in [2.24, 2.45) is 5.73 Å². The van der Waals surface area contributed by atoms with Crippen molar-refractivity contribution in [3.63, 3.8) is 0 Å². The second-order valence-corrected chi connectivity index (χ2v) is 9.52. The van der Waals surface area contributed by atoms with Crippen LogP contribution in [-0.2, 0) is 32.1 Å². The number of urea groups is 1. The van der Waals surface area contributed by atoms with E-state index in [1.807, 2.05) is 48.5 Å². The van der Waals surface area contributed by atoms with Gasteiger partial charge in [0, 0.05) is 26.6 Å². The molecule has 2 aliphatic heterocycles. The molecule has 11 heteroatoms. The molecular weight excluding hydrogens is 490 g/mol. The number of aryl methyl sites for hydroxylation is 1. The van der Waals surface area contributed by atoms with Gasteiger partial charge in [-0.2, -0.15) is 0 Å². The number of likely N-dealkylation sites (tertiary alicyclic amines) is 1. The van der Waals surface area contributed by atoms with Gasteiger partial charge in [-0.3, -0.25) is 14.4 Å². The predicted molar refractivity (Wildman–Crippen MR) is 138 cm³/mol. The average Bonchev–Trinajstić information content (AvgIpc) is 2.89. The summed E-state index contributed by atoms with van der Waals surface area (Å²) in [7, 11) is 1.59. The molecular formula is C27H33N5O6.